The second-order valence-corrected chi connectivity index (χ2v) is 3.41. The maximum absolute atomic E-state index is 5.50. The summed E-state index contributed by atoms with van der Waals surface area (Å²) in [6.45, 7) is 2.50. The molecule has 0 radical (unpaired) electrons. The lowest BCUT2D eigenvalue weighted by atomic mass is 10.4. The SMILES string of the molecule is C=N.CN/C=C\CSc1ccccc1. The third-order valence-electron chi connectivity index (χ3n) is 1.37. The average molecular weight is 208 g/mol. The van der Waals surface area contributed by atoms with E-state index in [4.69, 9.17) is 5.41 Å². The molecule has 0 aliphatic rings. The van der Waals surface area contributed by atoms with Crippen LogP contribution in [0.1, 0.15) is 0 Å². The molecular weight excluding hydrogens is 192 g/mol. The van der Waals surface area contributed by atoms with Crippen LogP contribution in [0, 0.1) is 5.41 Å². The van der Waals surface area contributed by atoms with Crippen molar-refractivity contribution in [1.82, 2.24) is 5.32 Å². The van der Waals surface area contributed by atoms with Crippen molar-refractivity contribution in [3.8, 4) is 0 Å². The summed E-state index contributed by atoms with van der Waals surface area (Å²) in [4.78, 5) is 1.32. The van der Waals surface area contributed by atoms with Crippen molar-refractivity contribution in [2.75, 3.05) is 12.8 Å². The van der Waals surface area contributed by atoms with Crippen LogP contribution < -0.4 is 5.32 Å². The van der Waals surface area contributed by atoms with E-state index in [1.807, 2.05) is 31.1 Å². The molecule has 0 heterocycles. The van der Waals surface area contributed by atoms with Crippen molar-refractivity contribution in [2.24, 2.45) is 0 Å². The largest absolute Gasteiger partial charge is 0.394 e. The highest BCUT2D eigenvalue weighted by Crippen LogP contribution is 2.16. The molecule has 3 heteroatoms. The van der Waals surface area contributed by atoms with E-state index in [0.29, 0.717) is 0 Å². The van der Waals surface area contributed by atoms with Crippen molar-refractivity contribution < 1.29 is 0 Å². The summed E-state index contributed by atoms with van der Waals surface area (Å²) in [7, 11) is 1.91. The molecule has 0 saturated carbocycles. The summed E-state index contributed by atoms with van der Waals surface area (Å²) in [6, 6.07) is 10.4. The smallest absolute Gasteiger partial charge is 0.0177 e. The molecule has 1 aromatic carbocycles. The lowest BCUT2D eigenvalue weighted by molar-refractivity contribution is 1.10. The summed E-state index contributed by atoms with van der Waals surface area (Å²) in [5, 5.41) is 8.46. The minimum atomic E-state index is 1.02. The fraction of sp³-hybridized carbons (Fsp3) is 0.182. The number of rotatable bonds is 4. The van der Waals surface area contributed by atoms with Crippen LogP contribution in [0.15, 0.2) is 47.5 Å². The van der Waals surface area contributed by atoms with Gasteiger partial charge in [0.2, 0.25) is 0 Å². The summed E-state index contributed by atoms with van der Waals surface area (Å²) >= 11 is 1.83. The Bertz CT molecular complexity index is 247. The van der Waals surface area contributed by atoms with Gasteiger partial charge in [0.1, 0.15) is 0 Å². The van der Waals surface area contributed by atoms with E-state index in [-0.39, 0.29) is 0 Å². The van der Waals surface area contributed by atoms with Gasteiger partial charge >= 0.3 is 0 Å². The normalized spacial score (nSPS) is 9.21. The quantitative estimate of drug-likeness (QED) is 0.589. The third-order valence-corrected chi connectivity index (χ3v) is 2.34. The molecule has 0 amide bonds. The maximum atomic E-state index is 5.50. The van der Waals surface area contributed by atoms with Crippen LogP contribution in [-0.4, -0.2) is 19.5 Å². The van der Waals surface area contributed by atoms with Gasteiger partial charge in [-0.3, -0.25) is 0 Å². The topological polar surface area (TPSA) is 35.9 Å². The molecule has 0 aliphatic carbocycles. The van der Waals surface area contributed by atoms with Gasteiger partial charge in [-0.2, -0.15) is 0 Å². The number of thioether (sulfide) groups is 1. The zero-order valence-corrected chi connectivity index (χ0v) is 9.18. The Morgan fingerprint density at radius 1 is 1.36 bits per heavy atom. The Balaban J connectivity index is 0.000000791. The molecule has 14 heavy (non-hydrogen) atoms. The van der Waals surface area contributed by atoms with Crippen molar-refractivity contribution in [1.29, 1.82) is 5.41 Å². The van der Waals surface area contributed by atoms with E-state index in [1.54, 1.807) is 0 Å². The number of benzene rings is 1. The Hall–Kier alpha value is -1.22. The summed E-state index contributed by atoms with van der Waals surface area (Å²) in [5.74, 6) is 1.02. The molecule has 0 aliphatic heterocycles. The van der Waals surface area contributed by atoms with Gasteiger partial charge in [0, 0.05) is 17.7 Å². The Kier molecular flexibility index (Phi) is 9.01. The van der Waals surface area contributed by atoms with E-state index < -0.39 is 0 Å². The molecule has 0 spiro atoms. The van der Waals surface area contributed by atoms with Gasteiger partial charge in [-0.25, -0.2) is 0 Å². The molecule has 0 saturated heterocycles. The first-order valence-corrected chi connectivity index (χ1v) is 5.27. The summed E-state index contributed by atoms with van der Waals surface area (Å²) in [6.07, 6.45) is 4.06. The Morgan fingerprint density at radius 3 is 2.57 bits per heavy atom. The van der Waals surface area contributed by atoms with E-state index >= 15 is 0 Å². The van der Waals surface area contributed by atoms with Gasteiger partial charge in [0.05, 0.1) is 0 Å². The fourth-order valence-electron chi connectivity index (χ4n) is 0.827. The number of hydrogen-bond acceptors (Lipinski definition) is 3. The molecule has 0 aromatic heterocycles. The van der Waals surface area contributed by atoms with Gasteiger partial charge in [0.15, 0.2) is 0 Å². The Labute approximate surface area is 89.9 Å². The predicted molar refractivity (Wildman–Crippen MR) is 65.2 cm³/mol. The monoisotopic (exact) mass is 208 g/mol. The van der Waals surface area contributed by atoms with Gasteiger partial charge < -0.3 is 10.7 Å². The molecule has 1 aromatic rings. The van der Waals surface area contributed by atoms with Gasteiger partial charge in [-0.15, -0.1) is 11.8 Å². The first-order valence-electron chi connectivity index (χ1n) is 4.29. The van der Waals surface area contributed by atoms with Crippen LogP contribution in [0.4, 0.5) is 0 Å². The number of hydrogen-bond donors (Lipinski definition) is 2. The highest BCUT2D eigenvalue weighted by atomic mass is 32.2. The van der Waals surface area contributed by atoms with Gasteiger partial charge in [-0.05, 0) is 25.1 Å². The minimum Gasteiger partial charge on any atom is -0.394 e. The van der Waals surface area contributed by atoms with Crippen LogP contribution in [0.2, 0.25) is 0 Å². The first kappa shape index (κ1) is 12.8. The average Bonchev–Trinajstić information content (AvgIpc) is 2.29. The summed E-state index contributed by atoms with van der Waals surface area (Å²) < 4.78 is 0. The molecular formula is C11H16N2S. The molecule has 2 nitrogen and oxygen atoms in total. The van der Waals surface area contributed by atoms with E-state index in [2.05, 4.69) is 42.4 Å². The highest BCUT2D eigenvalue weighted by Gasteiger charge is 1.87. The maximum Gasteiger partial charge on any atom is 0.0177 e. The fourth-order valence-corrected chi connectivity index (χ4v) is 1.56. The lowest BCUT2D eigenvalue weighted by Gasteiger charge is -1.95. The predicted octanol–water partition coefficient (Wildman–Crippen LogP) is 2.78. The highest BCUT2D eigenvalue weighted by molar-refractivity contribution is 7.99. The zero-order valence-electron chi connectivity index (χ0n) is 8.36. The van der Waals surface area contributed by atoms with Crippen molar-refractivity contribution >= 4 is 18.5 Å². The Morgan fingerprint density at radius 2 is 2.00 bits per heavy atom. The van der Waals surface area contributed by atoms with Crippen LogP contribution in [0.5, 0.6) is 0 Å². The summed E-state index contributed by atoms with van der Waals surface area (Å²) in [5.41, 5.74) is 0. The molecule has 1 rings (SSSR count). The molecule has 0 bridgehead atoms. The molecule has 2 N–H and O–H groups in total. The van der Waals surface area contributed by atoms with Crippen LogP contribution in [0.3, 0.4) is 0 Å². The van der Waals surface area contributed by atoms with Crippen LogP contribution in [0.25, 0.3) is 0 Å². The van der Waals surface area contributed by atoms with E-state index in [0.717, 1.165) is 5.75 Å². The lowest BCUT2D eigenvalue weighted by Crippen LogP contribution is -1.91. The molecule has 0 fully saturated rings. The van der Waals surface area contributed by atoms with Crippen LogP contribution in [-0.2, 0) is 0 Å². The zero-order chi connectivity index (χ0) is 10.6. The standard InChI is InChI=1S/C10H13NS.CH3N/c1-11-8-5-9-12-10-6-3-2-4-7-10;1-2/h2-8,11H,9H2,1H3;2H,1H2/b8-5-;. The van der Waals surface area contributed by atoms with E-state index in [9.17, 15) is 0 Å². The van der Waals surface area contributed by atoms with E-state index in [1.165, 1.54) is 4.90 Å². The molecule has 76 valence electrons. The van der Waals surface area contributed by atoms with Gasteiger partial charge in [-0.1, -0.05) is 24.3 Å². The molecule has 0 atom stereocenters. The van der Waals surface area contributed by atoms with Crippen LogP contribution >= 0.6 is 11.8 Å². The number of nitrogens with one attached hydrogen (secondary N) is 2. The first-order chi connectivity index (χ1) is 6.93. The van der Waals surface area contributed by atoms with Crippen molar-refractivity contribution in [2.45, 2.75) is 4.90 Å². The molecule has 0 unspecified atom stereocenters. The third kappa shape index (κ3) is 6.31. The van der Waals surface area contributed by atoms with Crippen molar-refractivity contribution in [3.63, 3.8) is 0 Å². The minimum absolute atomic E-state index is 1.02. The van der Waals surface area contributed by atoms with Crippen molar-refractivity contribution in [3.05, 3.63) is 42.6 Å². The second-order valence-electron chi connectivity index (χ2n) is 2.32. The van der Waals surface area contributed by atoms with Gasteiger partial charge in [0.25, 0.3) is 0 Å². The second kappa shape index (κ2) is 9.86.